The normalized spacial score (nSPS) is 12.6. The van der Waals surface area contributed by atoms with E-state index in [9.17, 15) is 0 Å². The quantitative estimate of drug-likeness (QED) is 0.878. The Bertz CT molecular complexity index is 332. The van der Waals surface area contributed by atoms with Crippen LogP contribution >= 0.6 is 23.2 Å². The molecule has 1 atom stereocenters. The van der Waals surface area contributed by atoms with Crippen LogP contribution in [0.1, 0.15) is 25.8 Å². The summed E-state index contributed by atoms with van der Waals surface area (Å²) in [5.41, 5.74) is 6.93. The lowest BCUT2D eigenvalue weighted by Crippen LogP contribution is -2.21. The molecule has 90 valence electrons. The van der Waals surface area contributed by atoms with E-state index in [0.717, 1.165) is 18.4 Å². The molecule has 0 aliphatic heterocycles. The van der Waals surface area contributed by atoms with Crippen LogP contribution in [0.5, 0.6) is 5.75 Å². The third-order valence-corrected chi connectivity index (χ3v) is 2.93. The van der Waals surface area contributed by atoms with Crippen molar-refractivity contribution in [3.8, 4) is 5.75 Å². The molecule has 0 bridgehead atoms. The van der Waals surface area contributed by atoms with E-state index < -0.39 is 0 Å². The lowest BCUT2D eigenvalue weighted by Gasteiger charge is -2.12. The van der Waals surface area contributed by atoms with Gasteiger partial charge in [0, 0.05) is 6.04 Å². The Balaban J connectivity index is 2.91. The standard InChI is InChI=1S/C12H17Cl2NO/c1-3-9(15)5-8-6-10(13)12(16-4-2)11(14)7-8/h6-7,9H,3-5,15H2,1-2H3. The van der Waals surface area contributed by atoms with Crippen molar-refractivity contribution >= 4 is 23.2 Å². The molecule has 0 fully saturated rings. The first-order chi connectivity index (χ1) is 7.58. The first kappa shape index (κ1) is 13.6. The number of rotatable bonds is 5. The van der Waals surface area contributed by atoms with Crippen LogP contribution in [0.4, 0.5) is 0 Å². The van der Waals surface area contributed by atoms with E-state index in [0.29, 0.717) is 22.4 Å². The lowest BCUT2D eigenvalue weighted by atomic mass is 10.0. The van der Waals surface area contributed by atoms with E-state index in [1.54, 1.807) is 0 Å². The molecule has 0 spiro atoms. The fraction of sp³-hybridized carbons (Fsp3) is 0.500. The Kier molecular flexibility index (Phi) is 5.39. The second-order valence-electron chi connectivity index (χ2n) is 3.69. The summed E-state index contributed by atoms with van der Waals surface area (Å²) >= 11 is 12.2. The first-order valence-corrected chi connectivity index (χ1v) is 6.20. The smallest absolute Gasteiger partial charge is 0.156 e. The van der Waals surface area contributed by atoms with E-state index in [1.807, 2.05) is 19.1 Å². The first-order valence-electron chi connectivity index (χ1n) is 5.44. The van der Waals surface area contributed by atoms with Crippen molar-refractivity contribution in [2.75, 3.05) is 6.61 Å². The van der Waals surface area contributed by atoms with Gasteiger partial charge < -0.3 is 10.5 Å². The summed E-state index contributed by atoms with van der Waals surface area (Å²) in [7, 11) is 0. The van der Waals surface area contributed by atoms with Gasteiger partial charge in [-0.15, -0.1) is 0 Å². The predicted octanol–water partition coefficient (Wildman–Crippen LogP) is 3.67. The second-order valence-corrected chi connectivity index (χ2v) is 4.51. The molecule has 1 unspecified atom stereocenters. The molecule has 16 heavy (non-hydrogen) atoms. The van der Waals surface area contributed by atoms with Gasteiger partial charge in [0.2, 0.25) is 0 Å². The third-order valence-electron chi connectivity index (χ3n) is 2.37. The Morgan fingerprint density at radius 3 is 2.25 bits per heavy atom. The monoisotopic (exact) mass is 261 g/mol. The highest BCUT2D eigenvalue weighted by molar-refractivity contribution is 6.37. The van der Waals surface area contributed by atoms with Crippen molar-refractivity contribution in [1.29, 1.82) is 0 Å². The average molecular weight is 262 g/mol. The van der Waals surface area contributed by atoms with Gasteiger partial charge in [0.25, 0.3) is 0 Å². The SMILES string of the molecule is CCOc1c(Cl)cc(CC(N)CC)cc1Cl. The average Bonchev–Trinajstić information content (AvgIpc) is 2.23. The lowest BCUT2D eigenvalue weighted by molar-refractivity contribution is 0.340. The minimum absolute atomic E-state index is 0.144. The van der Waals surface area contributed by atoms with Crippen LogP contribution in [0.15, 0.2) is 12.1 Å². The van der Waals surface area contributed by atoms with E-state index in [1.165, 1.54) is 0 Å². The van der Waals surface area contributed by atoms with Crippen molar-refractivity contribution in [3.63, 3.8) is 0 Å². The molecule has 0 aliphatic carbocycles. The molecule has 1 aromatic carbocycles. The fourth-order valence-electron chi connectivity index (χ4n) is 1.46. The maximum absolute atomic E-state index is 6.09. The third kappa shape index (κ3) is 3.55. The van der Waals surface area contributed by atoms with Crippen LogP contribution < -0.4 is 10.5 Å². The van der Waals surface area contributed by atoms with Gasteiger partial charge in [-0.25, -0.2) is 0 Å². The number of benzene rings is 1. The fourth-order valence-corrected chi connectivity index (χ4v) is 2.10. The van der Waals surface area contributed by atoms with Gasteiger partial charge in [-0.05, 0) is 37.5 Å². The Morgan fingerprint density at radius 1 is 1.25 bits per heavy atom. The van der Waals surface area contributed by atoms with E-state index in [2.05, 4.69) is 6.92 Å². The predicted molar refractivity (Wildman–Crippen MR) is 69.6 cm³/mol. The van der Waals surface area contributed by atoms with Gasteiger partial charge >= 0.3 is 0 Å². The van der Waals surface area contributed by atoms with E-state index in [-0.39, 0.29) is 6.04 Å². The molecule has 2 nitrogen and oxygen atoms in total. The maximum atomic E-state index is 6.09. The molecule has 0 heterocycles. The summed E-state index contributed by atoms with van der Waals surface area (Å²) in [6, 6.07) is 3.88. The Hall–Kier alpha value is -0.440. The largest absolute Gasteiger partial charge is 0.491 e. The Morgan fingerprint density at radius 2 is 1.81 bits per heavy atom. The Labute approximate surface area is 107 Å². The van der Waals surface area contributed by atoms with Gasteiger partial charge in [-0.1, -0.05) is 30.1 Å². The van der Waals surface area contributed by atoms with Crippen molar-refractivity contribution in [3.05, 3.63) is 27.7 Å². The van der Waals surface area contributed by atoms with Crippen molar-refractivity contribution < 1.29 is 4.74 Å². The van der Waals surface area contributed by atoms with Crippen LogP contribution in [0.25, 0.3) is 0 Å². The molecule has 0 radical (unpaired) electrons. The number of hydrogen-bond acceptors (Lipinski definition) is 2. The summed E-state index contributed by atoms with van der Waals surface area (Å²) in [6.45, 7) is 4.50. The molecule has 1 aromatic rings. The zero-order valence-electron chi connectivity index (χ0n) is 9.59. The zero-order valence-corrected chi connectivity index (χ0v) is 11.1. The number of ether oxygens (including phenoxy) is 1. The molecular weight excluding hydrogens is 245 g/mol. The molecule has 0 aromatic heterocycles. The van der Waals surface area contributed by atoms with E-state index >= 15 is 0 Å². The van der Waals surface area contributed by atoms with Crippen LogP contribution in [0, 0.1) is 0 Å². The molecule has 1 rings (SSSR count). The second kappa shape index (κ2) is 6.33. The van der Waals surface area contributed by atoms with Crippen LogP contribution in [-0.2, 0) is 6.42 Å². The summed E-state index contributed by atoms with van der Waals surface area (Å²) in [5, 5.41) is 1.10. The van der Waals surface area contributed by atoms with Crippen LogP contribution in [-0.4, -0.2) is 12.6 Å². The molecule has 2 N–H and O–H groups in total. The summed E-state index contributed by atoms with van der Waals surface area (Å²) < 4.78 is 5.36. The molecule has 0 amide bonds. The van der Waals surface area contributed by atoms with Crippen LogP contribution in [0.3, 0.4) is 0 Å². The maximum Gasteiger partial charge on any atom is 0.156 e. The van der Waals surface area contributed by atoms with Gasteiger partial charge in [0.15, 0.2) is 5.75 Å². The molecule has 0 saturated carbocycles. The van der Waals surface area contributed by atoms with E-state index in [4.69, 9.17) is 33.7 Å². The highest BCUT2D eigenvalue weighted by Gasteiger charge is 2.10. The highest BCUT2D eigenvalue weighted by Crippen LogP contribution is 2.34. The molecule has 4 heteroatoms. The van der Waals surface area contributed by atoms with Gasteiger partial charge in [-0.2, -0.15) is 0 Å². The minimum Gasteiger partial charge on any atom is -0.491 e. The summed E-state index contributed by atoms with van der Waals surface area (Å²) in [4.78, 5) is 0. The van der Waals surface area contributed by atoms with Crippen molar-refractivity contribution in [2.24, 2.45) is 5.73 Å². The van der Waals surface area contributed by atoms with Gasteiger partial charge in [0.1, 0.15) is 0 Å². The van der Waals surface area contributed by atoms with Crippen LogP contribution in [0.2, 0.25) is 10.0 Å². The molecule has 0 saturated heterocycles. The van der Waals surface area contributed by atoms with Gasteiger partial charge in [-0.3, -0.25) is 0 Å². The topological polar surface area (TPSA) is 35.2 Å². The van der Waals surface area contributed by atoms with Crippen molar-refractivity contribution in [2.45, 2.75) is 32.7 Å². The van der Waals surface area contributed by atoms with Crippen molar-refractivity contribution in [1.82, 2.24) is 0 Å². The van der Waals surface area contributed by atoms with Gasteiger partial charge in [0.05, 0.1) is 16.7 Å². The minimum atomic E-state index is 0.144. The molecule has 0 aliphatic rings. The number of hydrogen-bond donors (Lipinski definition) is 1. The summed E-state index contributed by atoms with van der Waals surface area (Å²) in [5.74, 6) is 0.555. The number of nitrogens with two attached hydrogens (primary N) is 1. The zero-order chi connectivity index (χ0) is 12.1. The highest BCUT2D eigenvalue weighted by atomic mass is 35.5. The molecular formula is C12H17Cl2NO. The number of halogens is 2. The summed E-state index contributed by atoms with van der Waals surface area (Å²) in [6.07, 6.45) is 1.71.